The number of halogens is 3. The highest BCUT2D eigenvalue weighted by Gasteiger charge is 2.31. The third-order valence-electron chi connectivity index (χ3n) is 6.57. The number of hydrogen-bond donors (Lipinski definition) is 1. The van der Waals surface area contributed by atoms with Crippen molar-refractivity contribution in [2.45, 2.75) is 39.1 Å². The largest absolute Gasteiger partial charge is 0.490 e. The average Bonchev–Trinajstić information content (AvgIpc) is 2.84. The molecule has 2 aromatic carbocycles. The van der Waals surface area contributed by atoms with Crippen molar-refractivity contribution in [3.8, 4) is 5.75 Å². The average molecular weight is 490 g/mol. The molecule has 1 amide bonds. The van der Waals surface area contributed by atoms with Crippen molar-refractivity contribution in [3.05, 3.63) is 75.6 Å². The Labute approximate surface area is 203 Å². The Kier molecular flexibility index (Phi) is 8.41. The first kappa shape index (κ1) is 26.5. The number of nitrogens with zero attached hydrogens (tertiary/aromatic N) is 3. The first-order valence-electron chi connectivity index (χ1n) is 11.5. The van der Waals surface area contributed by atoms with E-state index in [1.807, 2.05) is 26.0 Å². The van der Waals surface area contributed by atoms with Crippen LogP contribution in [0.5, 0.6) is 5.75 Å². The molecular formula is C26H30F3N3O3. The Bertz CT molecular complexity index is 1070. The molecule has 2 atom stereocenters. The van der Waals surface area contributed by atoms with Crippen LogP contribution in [-0.2, 0) is 6.18 Å². The second-order valence-electron chi connectivity index (χ2n) is 8.79. The summed E-state index contributed by atoms with van der Waals surface area (Å²) < 4.78 is 44.0. The van der Waals surface area contributed by atoms with E-state index in [0.29, 0.717) is 31.9 Å². The Morgan fingerprint density at radius 3 is 2.29 bits per heavy atom. The highest BCUT2D eigenvalue weighted by molar-refractivity contribution is 5.94. The van der Waals surface area contributed by atoms with Crippen molar-refractivity contribution >= 4 is 5.91 Å². The molecule has 1 heterocycles. The lowest BCUT2D eigenvalue weighted by Gasteiger charge is -2.39. The number of amides is 1. The molecule has 0 bridgehead atoms. The number of alkyl halides is 3. The van der Waals surface area contributed by atoms with E-state index in [-0.39, 0.29) is 30.7 Å². The molecule has 0 aliphatic carbocycles. The fourth-order valence-electron chi connectivity index (χ4n) is 4.26. The van der Waals surface area contributed by atoms with Gasteiger partial charge in [0, 0.05) is 37.8 Å². The van der Waals surface area contributed by atoms with E-state index >= 15 is 0 Å². The zero-order chi connectivity index (χ0) is 25.8. The molecule has 9 heteroatoms. The van der Waals surface area contributed by atoms with Crippen LogP contribution in [-0.4, -0.2) is 66.2 Å². The van der Waals surface area contributed by atoms with Gasteiger partial charge < -0.3 is 19.6 Å². The van der Waals surface area contributed by atoms with E-state index in [9.17, 15) is 23.1 Å². The van der Waals surface area contributed by atoms with E-state index in [1.165, 1.54) is 12.1 Å². The Morgan fingerprint density at radius 2 is 1.71 bits per heavy atom. The van der Waals surface area contributed by atoms with Crippen molar-refractivity contribution in [1.82, 2.24) is 9.80 Å². The number of rotatable bonds is 7. The topological polar surface area (TPSA) is 57.4 Å². The molecule has 2 aromatic rings. The first-order chi connectivity index (χ1) is 16.5. The smallest absolute Gasteiger partial charge is 0.416 e. The van der Waals surface area contributed by atoms with Gasteiger partial charge in [-0.1, -0.05) is 6.07 Å². The Morgan fingerprint density at radius 1 is 1.09 bits per heavy atom. The predicted molar refractivity (Wildman–Crippen MR) is 126 cm³/mol. The number of carbonyl (C=O) groups is 1. The Hall–Kier alpha value is -3.09. The molecule has 6 nitrogen and oxygen atoms in total. The number of carbonyl (C=O) groups excluding carboxylic acids is 1. The van der Waals surface area contributed by atoms with Crippen LogP contribution in [0, 0.1) is 20.4 Å². The standard InChI is InChI=1S/C26H30F3N3O3/c1-17-18(2)24(35-16-22(33)15-30-4)10-9-23(17)19(3)31-11-13-32(14-12-31)25(34)20-5-7-21(8-6-20)26(27,28)29/h5-10,19,22,33H,11-16H2,1-3H3/t19?,22-/m0/s1. The molecule has 1 saturated heterocycles. The van der Waals surface area contributed by atoms with E-state index in [4.69, 9.17) is 11.3 Å². The van der Waals surface area contributed by atoms with Gasteiger partial charge in [0.15, 0.2) is 6.10 Å². The molecule has 1 unspecified atom stereocenters. The van der Waals surface area contributed by atoms with Gasteiger partial charge in [-0.3, -0.25) is 9.69 Å². The van der Waals surface area contributed by atoms with Crippen molar-refractivity contribution < 1.29 is 27.8 Å². The normalized spacial score (nSPS) is 16.5. The van der Waals surface area contributed by atoms with Crippen LogP contribution in [0.3, 0.4) is 0 Å². The summed E-state index contributed by atoms with van der Waals surface area (Å²) in [6.07, 6.45) is -5.25. The minimum atomic E-state index is -4.43. The minimum absolute atomic E-state index is 0.000492. The van der Waals surface area contributed by atoms with Crippen molar-refractivity contribution in [1.29, 1.82) is 0 Å². The Balaban J connectivity index is 1.60. The maximum atomic E-state index is 12.8. The highest BCUT2D eigenvalue weighted by Crippen LogP contribution is 2.32. The molecule has 3 rings (SSSR count). The summed E-state index contributed by atoms with van der Waals surface area (Å²) in [5, 5.41) is 9.74. The van der Waals surface area contributed by atoms with Crippen LogP contribution in [0.15, 0.2) is 36.4 Å². The van der Waals surface area contributed by atoms with Gasteiger partial charge in [-0.15, -0.1) is 0 Å². The third-order valence-corrected chi connectivity index (χ3v) is 6.57. The molecule has 0 radical (unpaired) electrons. The van der Waals surface area contributed by atoms with E-state index in [2.05, 4.69) is 16.7 Å². The van der Waals surface area contributed by atoms with Crippen molar-refractivity contribution in [2.24, 2.45) is 0 Å². The summed E-state index contributed by atoms with van der Waals surface area (Å²) in [5.41, 5.74) is 2.68. The highest BCUT2D eigenvalue weighted by atomic mass is 19.4. The number of aliphatic hydroxyl groups is 1. The fourth-order valence-corrected chi connectivity index (χ4v) is 4.26. The number of benzene rings is 2. The van der Waals surface area contributed by atoms with Crippen molar-refractivity contribution in [3.63, 3.8) is 0 Å². The number of piperazine rings is 1. The molecule has 0 spiro atoms. The van der Waals surface area contributed by atoms with Crippen LogP contribution >= 0.6 is 0 Å². The van der Waals surface area contributed by atoms with Gasteiger partial charge in [-0.2, -0.15) is 13.2 Å². The third kappa shape index (κ3) is 6.32. The van der Waals surface area contributed by atoms with Gasteiger partial charge in [0.1, 0.15) is 12.4 Å². The molecule has 1 aliphatic heterocycles. The maximum Gasteiger partial charge on any atom is 0.416 e. The number of hydrogen-bond acceptors (Lipinski definition) is 4. The van der Waals surface area contributed by atoms with Crippen LogP contribution in [0.4, 0.5) is 13.2 Å². The first-order valence-corrected chi connectivity index (χ1v) is 11.5. The monoisotopic (exact) mass is 489 g/mol. The summed E-state index contributed by atoms with van der Waals surface area (Å²) >= 11 is 0. The second-order valence-corrected chi connectivity index (χ2v) is 8.79. The van der Waals surface area contributed by atoms with Crippen LogP contribution in [0.2, 0.25) is 0 Å². The van der Waals surface area contributed by atoms with Gasteiger partial charge in [0.05, 0.1) is 5.56 Å². The van der Waals surface area contributed by atoms with E-state index in [0.717, 1.165) is 28.8 Å². The van der Waals surface area contributed by atoms with Gasteiger partial charge in [0.2, 0.25) is 6.54 Å². The zero-order valence-electron chi connectivity index (χ0n) is 20.1. The minimum Gasteiger partial charge on any atom is -0.490 e. The van der Waals surface area contributed by atoms with Gasteiger partial charge >= 0.3 is 6.18 Å². The maximum absolute atomic E-state index is 12.8. The lowest BCUT2D eigenvalue weighted by molar-refractivity contribution is -0.137. The van der Waals surface area contributed by atoms with Crippen molar-refractivity contribution in [2.75, 3.05) is 39.3 Å². The molecule has 0 aromatic heterocycles. The van der Waals surface area contributed by atoms with Crippen LogP contribution in [0.25, 0.3) is 4.85 Å². The van der Waals surface area contributed by atoms with E-state index < -0.39 is 17.8 Å². The predicted octanol–water partition coefficient (Wildman–Crippen LogP) is 4.50. The molecule has 1 fully saturated rings. The quantitative estimate of drug-likeness (QED) is 0.582. The van der Waals surface area contributed by atoms with E-state index in [1.54, 1.807) is 4.90 Å². The number of aliphatic hydroxyl groups excluding tert-OH is 1. The molecule has 35 heavy (non-hydrogen) atoms. The number of ether oxygens (including phenoxy) is 1. The molecule has 188 valence electrons. The summed E-state index contributed by atoms with van der Waals surface area (Å²) in [7, 11) is 0. The second kappa shape index (κ2) is 11.1. The van der Waals surface area contributed by atoms with Gasteiger partial charge in [-0.05, 0) is 67.8 Å². The molecule has 1 aliphatic rings. The summed E-state index contributed by atoms with van der Waals surface area (Å²) in [4.78, 5) is 19.9. The van der Waals surface area contributed by atoms with Gasteiger partial charge in [0.25, 0.3) is 5.91 Å². The summed E-state index contributed by atoms with van der Waals surface area (Å²) in [6.45, 7) is 15.2. The van der Waals surface area contributed by atoms with Crippen LogP contribution < -0.4 is 4.74 Å². The summed E-state index contributed by atoms with van der Waals surface area (Å²) in [6, 6.07) is 8.32. The fraction of sp³-hybridized carbons (Fsp3) is 0.462. The lowest BCUT2D eigenvalue weighted by Crippen LogP contribution is -2.49. The molecular weight excluding hydrogens is 459 g/mol. The zero-order valence-corrected chi connectivity index (χ0v) is 20.1. The van der Waals surface area contributed by atoms with Gasteiger partial charge in [-0.25, -0.2) is 6.57 Å². The molecule has 1 N–H and O–H groups in total. The SMILES string of the molecule is [C-]#[N+]C[C@H](O)COc1ccc(C(C)N2CCN(C(=O)c3ccc(C(F)(F)F)cc3)CC2)c(C)c1C. The lowest BCUT2D eigenvalue weighted by atomic mass is 9.96. The molecule has 0 saturated carbocycles. The summed E-state index contributed by atoms with van der Waals surface area (Å²) in [5.74, 6) is 0.411. The van der Waals surface area contributed by atoms with Crippen LogP contribution in [0.1, 0.15) is 45.6 Å².